The second-order valence-corrected chi connectivity index (χ2v) is 6.11. The molecule has 1 aromatic carbocycles. The number of hydrogen-bond donors (Lipinski definition) is 0. The fourth-order valence-electron chi connectivity index (χ4n) is 2.10. The summed E-state index contributed by atoms with van der Waals surface area (Å²) in [4.78, 5) is 4.46. The molecule has 3 aromatic rings. The summed E-state index contributed by atoms with van der Waals surface area (Å²) in [6.07, 6.45) is 3.23. The molecule has 96 valence electrons. The molecule has 0 atom stereocenters. The topological polar surface area (TPSA) is 52.0 Å². The Morgan fingerprint density at radius 2 is 1.79 bits per heavy atom. The first-order valence-electron chi connectivity index (χ1n) is 5.84. The van der Waals surface area contributed by atoms with Gasteiger partial charge in [-0.05, 0) is 36.8 Å². The molecule has 3 rings (SSSR count). The van der Waals surface area contributed by atoms with Gasteiger partial charge in [-0.25, -0.2) is 12.4 Å². The van der Waals surface area contributed by atoms with Crippen LogP contribution in [0.15, 0.2) is 59.8 Å². The van der Waals surface area contributed by atoms with Crippen LogP contribution in [0.1, 0.15) is 5.56 Å². The zero-order valence-electron chi connectivity index (χ0n) is 10.3. The summed E-state index contributed by atoms with van der Waals surface area (Å²) in [5.41, 5.74) is 2.19. The van der Waals surface area contributed by atoms with Gasteiger partial charge in [0.2, 0.25) is 0 Å². The van der Waals surface area contributed by atoms with E-state index in [1.54, 1.807) is 54.9 Å². The maximum atomic E-state index is 12.6. The lowest BCUT2D eigenvalue weighted by atomic mass is 10.2. The van der Waals surface area contributed by atoms with Gasteiger partial charge >= 0.3 is 0 Å². The summed E-state index contributed by atoms with van der Waals surface area (Å²) in [7, 11) is -3.57. The first-order chi connectivity index (χ1) is 9.10. The molecule has 19 heavy (non-hydrogen) atoms. The highest BCUT2D eigenvalue weighted by Crippen LogP contribution is 2.23. The van der Waals surface area contributed by atoms with Crippen molar-refractivity contribution in [1.29, 1.82) is 0 Å². The van der Waals surface area contributed by atoms with Crippen LogP contribution in [0.4, 0.5) is 0 Å². The van der Waals surface area contributed by atoms with Crippen molar-refractivity contribution in [2.24, 2.45) is 0 Å². The molecular weight excluding hydrogens is 260 g/mol. The third kappa shape index (κ3) is 1.82. The molecule has 0 aliphatic rings. The smallest absolute Gasteiger partial charge is 0.255 e. The van der Waals surface area contributed by atoms with E-state index in [0.29, 0.717) is 11.0 Å². The molecule has 0 aliphatic heterocycles. The van der Waals surface area contributed by atoms with Gasteiger partial charge in [0, 0.05) is 12.4 Å². The molecule has 2 heterocycles. The fraction of sp³-hybridized carbons (Fsp3) is 0.0714. The van der Waals surface area contributed by atoms with Crippen molar-refractivity contribution < 1.29 is 8.42 Å². The summed E-state index contributed by atoms with van der Waals surface area (Å²) < 4.78 is 26.5. The highest BCUT2D eigenvalue weighted by atomic mass is 32.2. The summed E-state index contributed by atoms with van der Waals surface area (Å²) in [6.45, 7) is 1.88. The lowest BCUT2D eigenvalue weighted by Gasteiger charge is -2.08. The highest BCUT2D eigenvalue weighted by molar-refractivity contribution is 7.90. The van der Waals surface area contributed by atoms with Crippen molar-refractivity contribution in [1.82, 2.24) is 8.96 Å². The number of hydrogen-bond acceptors (Lipinski definition) is 3. The third-order valence-electron chi connectivity index (χ3n) is 3.04. The molecule has 0 saturated carbocycles. The molecule has 0 fully saturated rings. The first-order valence-corrected chi connectivity index (χ1v) is 7.28. The lowest BCUT2D eigenvalue weighted by Crippen LogP contribution is -2.12. The van der Waals surface area contributed by atoms with Crippen molar-refractivity contribution in [3.8, 4) is 0 Å². The Morgan fingerprint density at radius 1 is 1.05 bits per heavy atom. The van der Waals surface area contributed by atoms with E-state index in [2.05, 4.69) is 4.98 Å². The zero-order valence-corrected chi connectivity index (χ0v) is 11.1. The van der Waals surface area contributed by atoms with Crippen molar-refractivity contribution in [3.05, 3.63) is 60.4 Å². The second-order valence-electron chi connectivity index (χ2n) is 4.29. The SMILES string of the molecule is Cc1ccnc2ccn(S(=O)(=O)c3ccccc3)c12. The van der Waals surface area contributed by atoms with Gasteiger partial charge in [-0.2, -0.15) is 0 Å². The van der Waals surface area contributed by atoms with Crippen molar-refractivity contribution in [3.63, 3.8) is 0 Å². The van der Waals surface area contributed by atoms with Crippen LogP contribution < -0.4 is 0 Å². The number of aromatic nitrogens is 2. The summed E-state index contributed by atoms with van der Waals surface area (Å²) in [6, 6.07) is 11.9. The average Bonchev–Trinajstić information content (AvgIpc) is 2.86. The molecule has 0 unspecified atom stereocenters. The molecule has 0 radical (unpaired) electrons. The minimum atomic E-state index is -3.57. The number of fused-ring (bicyclic) bond motifs is 1. The Bertz CT molecular complexity index is 836. The van der Waals surface area contributed by atoms with Crippen LogP contribution in [0, 0.1) is 6.92 Å². The van der Waals surface area contributed by atoms with Crippen LogP contribution in [0.3, 0.4) is 0 Å². The van der Waals surface area contributed by atoms with Crippen LogP contribution >= 0.6 is 0 Å². The molecule has 0 bridgehead atoms. The molecule has 0 spiro atoms. The van der Waals surface area contributed by atoms with E-state index in [0.717, 1.165) is 5.56 Å². The Balaban J connectivity index is 2.31. The molecule has 4 nitrogen and oxygen atoms in total. The first kappa shape index (κ1) is 11.9. The normalized spacial score (nSPS) is 11.8. The molecule has 0 saturated heterocycles. The molecule has 0 aliphatic carbocycles. The van der Waals surface area contributed by atoms with E-state index in [1.165, 1.54) is 3.97 Å². The van der Waals surface area contributed by atoms with Crippen molar-refractivity contribution in [2.45, 2.75) is 11.8 Å². The van der Waals surface area contributed by atoms with Crippen LogP contribution in [0.25, 0.3) is 11.0 Å². The second kappa shape index (κ2) is 4.20. The summed E-state index contributed by atoms with van der Waals surface area (Å²) in [5.74, 6) is 0. The fourth-order valence-corrected chi connectivity index (χ4v) is 3.53. The summed E-state index contributed by atoms with van der Waals surface area (Å²) >= 11 is 0. The highest BCUT2D eigenvalue weighted by Gasteiger charge is 2.19. The van der Waals surface area contributed by atoms with Crippen LogP contribution in [-0.4, -0.2) is 17.4 Å². The van der Waals surface area contributed by atoms with Crippen LogP contribution in [0.2, 0.25) is 0 Å². The van der Waals surface area contributed by atoms with Gasteiger partial charge < -0.3 is 0 Å². The van der Waals surface area contributed by atoms with E-state index in [-0.39, 0.29) is 4.90 Å². The minimum Gasteiger partial charge on any atom is -0.255 e. The lowest BCUT2D eigenvalue weighted by molar-refractivity contribution is 0.589. The van der Waals surface area contributed by atoms with Gasteiger partial charge in [0.05, 0.1) is 15.9 Å². The average molecular weight is 272 g/mol. The molecule has 0 amide bonds. The van der Waals surface area contributed by atoms with Crippen molar-refractivity contribution >= 4 is 21.1 Å². The van der Waals surface area contributed by atoms with Gasteiger partial charge in [0.15, 0.2) is 0 Å². The Labute approximate surface area is 111 Å². The maximum Gasteiger partial charge on any atom is 0.268 e. The number of benzene rings is 1. The minimum absolute atomic E-state index is 0.274. The number of pyridine rings is 1. The number of aryl methyl sites for hydroxylation is 1. The standard InChI is InChI=1S/C14H12N2O2S/c1-11-7-9-15-13-8-10-16(14(11)13)19(17,18)12-5-3-2-4-6-12/h2-10H,1H3. The van der Waals surface area contributed by atoms with E-state index in [9.17, 15) is 8.42 Å². The number of rotatable bonds is 2. The van der Waals surface area contributed by atoms with Crippen molar-refractivity contribution in [2.75, 3.05) is 0 Å². The van der Waals surface area contributed by atoms with Gasteiger partial charge in [-0.15, -0.1) is 0 Å². The van der Waals surface area contributed by atoms with Gasteiger partial charge in [-0.3, -0.25) is 4.98 Å². The predicted octanol–water partition coefficient (Wildman–Crippen LogP) is 2.58. The zero-order chi connectivity index (χ0) is 13.5. The van der Waals surface area contributed by atoms with Gasteiger partial charge in [0.1, 0.15) is 0 Å². The van der Waals surface area contributed by atoms with Crippen LogP contribution in [0.5, 0.6) is 0 Å². The Hall–Kier alpha value is -2.14. The summed E-state index contributed by atoms with van der Waals surface area (Å²) in [5, 5.41) is 0. The predicted molar refractivity (Wildman–Crippen MR) is 73.5 cm³/mol. The molecule has 2 aromatic heterocycles. The third-order valence-corrected chi connectivity index (χ3v) is 4.73. The molecule has 5 heteroatoms. The molecular formula is C14H12N2O2S. The largest absolute Gasteiger partial charge is 0.268 e. The maximum absolute atomic E-state index is 12.6. The van der Waals surface area contributed by atoms with E-state index < -0.39 is 10.0 Å². The van der Waals surface area contributed by atoms with E-state index >= 15 is 0 Å². The number of nitrogens with zero attached hydrogens (tertiary/aromatic N) is 2. The van der Waals surface area contributed by atoms with E-state index in [4.69, 9.17) is 0 Å². The van der Waals surface area contributed by atoms with Gasteiger partial charge in [-0.1, -0.05) is 18.2 Å². The van der Waals surface area contributed by atoms with E-state index in [1.807, 2.05) is 6.92 Å². The Morgan fingerprint density at radius 3 is 2.53 bits per heavy atom. The van der Waals surface area contributed by atoms with Crippen LogP contribution in [-0.2, 0) is 10.0 Å². The Kier molecular flexibility index (Phi) is 2.64. The quantitative estimate of drug-likeness (QED) is 0.720. The van der Waals surface area contributed by atoms with Gasteiger partial charge in [0.25, 0.3) is 10.0 Å². The molecule has 0 N–H and O–H groups in total. The monoisotopic (exact) mass is 272 g/mol.